The highest BCUT2D eigenvalue weighted by Gasteiger charge is 2.32. The molecule has 0 radical (unpaired) electrons. The molecule has 0 unspecified atom stereocenters. The van der Waals surface area contributed by atoms with Gasteiger partial charge in [-0.1, -0.05) is 37.3 Å². The van der Waals surface area contributed by atoms with Crippen molar-refractivity contribution in [3.63, 3.8) is 0 Å². The van der Waals surface area contributed by atoms with Crippen LogP contribution >= 0.6 is 0 Å². The second kappa shape index (κ2) is 12.8. The molecule has 1 aromatic carbocycles. The number of hydrogen-bond acceptors (Lipinski definition) is 7. The topological polar surface area (TPSA) is 81.5 Å². The third-order valence-corrected chi connectivity index (χ3v) is 6.19. The molecule has 1 saturated heterocycles. The summed E-state index contributed by atoms with van der Waals surface area (Å²) in [5.74, 6) is 0.250. The number of ether oxygens (including phenoxy) is 2. The number of aromatic nitrogens is 3. The average molecular weight is 458 g/mol. The van der Waals surface area contributed by atoms with Crippen LogP contribution in [0.4, 0.5) is 0 Å². The van der Waals surface area contributed by atoms with Gasteiger partial charge >= 0.3 is 5.97 Å². The molecule has 0 amide bonds. The number of carbonyl (C=O) groups is 1. The lowest BCUT2D eigenvalue weighted by atomic mass is 9.94. The van der Waals surface area contributed by atoms with Crippen molar-refractivity contribution in [2.24, 2.45) is 11.8 Å². The van der Waals surface area contributed by atoms with E-state index in [0.29, 0.717) is 19.0 Å². The maximum absolute atomic E-state index is 12.2. The van der Waals surface area contributed by atoms with Crippen molar-refractivity contribution in [1.82, 2.24) is 25.2 Å². The fourth-order valence-electron chi connectivity index (χ4n) is 4.57. The van der Waals surface area contributed by atoms with Crippen LogP contribution in [0.5, 0.6) is 0 Å². The molecular weight excluding hydrogens is 418 g/mol. The zero-order chi connectivity index (χ0) is 23.6. The van der Waals surface area contributed by atoms with Gasteiger partial charge in [0.05, 0.1) is 24.4 Å². The van der Waals surface area contributed by atoms with Crippen LogP contribution in [-0.4, -0.2) is 72.4 Å². The van der Waals surface area contributed by atoms with Gasteiger partial charge in [-0.2, -0.15) is 0 Å². The number of methoxy groups -OCH3 is 2. The lowest BCUT2D eigenvalue weighted by molar-refractivity contribution is -0.146. The number of hydrogen-bond donors (Lipinski definition) is 1. The number of unbranched alkanes of at least 4 members (excludes halogenated alkanes) is 1. The maximum Gasteiger partial charge on any atom is 0.310 e. The van der Waals surface area contributed by atoms with Gasteiger partial charge < -0.3 is 14.8 Å². The minimum Gasteiger partial charge on any atom is -0.469 e. The van der Waals surface area contributed by atoms with Gasteiger partial charge in [0, 0.05) is 45.9 Å². The van der Waals surface area contributed by atoms with Gasteiger partial charge in [-0.3, -0.25) is 9.69 Å². The molecule has 0 bridgehead atoms. The van der Waals surface area contributed by atoms with Crippen LogP contribution in [-0.2, 0) is 27.2 Å². The van der Waals surface area contributed by atoms with Crippen LogP contribution in [0.3, 0.4) is 0 Å². The van der Waals surface area contributed by atoms with E-state index in [9.17, 15) is 4.79 Å². The summed E-state index contributed by atoms with van der Waals surface area (Å²) in [6.07, 6.45) is 3.70. The van der Waals surface area contributed by atoms with Crippen LogP contribution in [0.15, 0.2) is 30.3 Å². The standard InChI is InChI=1S/C25H39N5O3/c1-19(2)17-29(22-14-20(15-26-16-22)25(31)33-4)18-23-24(12-8-9-13-32-3)30(28-27-23)21-10-6-5-7-11-21/h5-7,10-11,19-20,22,26H,8-9,12-18H2,1-4H3/t20-,22+/m1/s1. The number of carbonyl (C=O) groups excluding carboxylic acids is 1. The summed E-state index contributed by atoms with van der Waals surface area (Å²) in [6, 6.07) is 10.4. The summed E-state index contributed by atoms with van der Waals surface area (Å²) >= 11 is 0. The van der Waals surface area contributed by atoms with Crippen LogP contribution in [0.1, 0.15) is 44.5 Å². The van der Waals surface area contributed by atoms with E-state index >= 15 is 0 Å². The summed E-state index contributed by atoms with van der Waals surface area (Å²) in [5, 5.41) is 12.6. The second-order valence-electron chi connectivity index (χ2n) is 9.27. The Morgan fingerprint density at radius 3 is 2.70 bits per heavy atom. The Morgan fingerprint density at radius 2 is 2.00 bits per heavy atom. The third-order valence-electron chi connectivity index (χ3n) is 6.19. The minimum absolute atomic E-state index is 0.114. The van der Waals surface area contributed by atoms with E-state index < -0.39 is 0 Å². The van der Waals surface area contributed by atoms with E-state index in [4.69, 9.17) is 9.47 Å². The number of nitrogens with zero attached hydrogens (tertiary/aromatic N) is 4. The SMILES string of the molecule is COCCCCc1c(CN(CC(C)C)[C@@H]2CNC[C@H](C(=O)OC)C2)nnn1-c1ccccc1. The second-order valence-corrected chi connectivity index (χ2v) is 9.27. The Labute approximate surface area is 197 Å². The summed E-state index contributed by atoms with van der Waals surface area (Å²) in [6.45, 7) is 8.39. The quantitative estimate of drug-likeness (QED) is 0.388. The molecule has 1 aromatic heterocycles. The Hall–Kier alpha value is -2.29. The van der Waals surface area contributed by atoms with Crippen molar-refractivity contribution in [3.05, 3.63) is 41.7 Å². The zero-order valence-electron chi connectivity index (χ0n) is 20.5. The van der Waals surface area contributed by atoms with E-state index in [1.165, 1.54) is 7.11 Å². The predicted molar refractivity (Wildman–Crippen MR) is 128 cm³/mol. The van der Waals surface area contributed by atoms with Gasteiger partial charge in [-0.05, 0) is 43.7 Å². The fourth-order valence-corrected chi connectivity index (χ4v) is 4.57. The highest BCUT2D eigenvalue weighted by molar-refractivity contribution is 5.72. The molecular formula is C25H39N5O3. The normalized spacial score (nSPS) is 18.7. The molecule has 182 valence electrons. The number of piperidine rings is 1. The first-order chi connectivity index (χ1) is 16.0. The first kappa shape index (κ1) is 25.3. The van der Waals surface area contributed by atoms with Crippen molar-refractivity contribution in [2.45, 2.75) is 52.1 Å². The van der Waals surface area contributed by atoms with Crippen molar-refractivity contribution in [3.8, 4) is 5.69 Å². The molecule has 0 saturated carbocycles. The number of para-hydroxylation sites is 1. The lowest BCUT2D eigenvalue weighted by Crippen LogP contribution is -2.51. The van der Waals surface area contributed by atoms with Crippen molar-refractivity contribution >= 4 is 5.97 Å². The van der Waals surface area contributed by atoms with E-state index in [0.717, 1.165) is 62.5 Å². The van der Waals surface area contributed by atoms with Gasteiger partial charge in [0.15, 0.2) is 0 Å². The molecule has 8 nitrogen and oxygen atoms in total. The van der Waals surface area contributed by atoms with Gasteiger partial charge in [0.25, 0.3) is 0 Å². The molecule has 33 heavy (non-hydrogen) atoms. The van der Waals surface area contributed by atoms with E-state index in [-0.39, 0.29) is 17.9 Å². The summed E-state index contributed by atoms with van der Waals surface area (Å²) < 4.78 is 12.2. The molecule has 1 aliphatic heterocycles. The van der Waals surface area contributed by atoms with Crippen LogP contribution in [0, 0.1) is 11.8 Å². The van der Waals surface area contributed by atoms with Gasteiger partial charge in [0.1, 0.15) is 5.69 Å². The van der Waals surface area contributed by atoms with Crippen LogP contribution in [0.2, 0.25) is 0 Å². The molecule has 0 aliphatic carbocycles. The van der Waals surface area contributed by atoms with Crippen molar-refractivity contribution in [2.75, 3.05) is 40.5 Å². The summed E-state index contributed by atoms with van der Waals surface area (Å²) in [4.78, 5) is 14.6. The molecule has 0 spiro atoms. The van der Waals surface area contributed by atoms with Crippen molar-refractivity contribution in [1.29, 1.82) is 0 Å². The first-order valence-corrected chi connectivity index (χ1v) is 12.0. The van der Waals surface area contributed by atoms with E-state index in [1.807, 2.05) is 22.9 Å². The Morgan fingerprint density at radius 1 is 1.21 bits per heavy atom. The minimum atomic E-state index is -0.134. The molecule has 8 heteroatoms. The smallest absolute Gasteiger partial charge is 0.310 e. The molecule has 2 heterocycles. The number of benzene rings is 1. The average Bonchev–Trinajstić information content (AvgIpc) is 3.23. The Balaban J connectivity index is 1.83. The molecule has 3 rings (SSSR count). The van der Waals surface area contributed by atoms with Gasteiger partial charge in [-0.15, -0.1) is 5.10 Å². The monoisotopic (exact) mass is 457 g/mol. The molecule has 1 aliphatic rings. The third kappa shape index (κ3) is 7.09. The molecule has 2 atom stereocenters. The summed E-state index contributed by atoms with van der Waals surface area (Å²) in [7, 11) is 3.21. The van der Waals surface area contributed by atoms with E-state index in [2.05, 4.69) is 46.5 Å². The van der Waals surface area contributed by atoms with Crippen molar-refractivity contribution < 1.29 is 14.3 Å². The molecule has 2 aromatic rings. The number of nitrogens with one attached hydrogen (secondary N) is 1. The number of esters is 1. The van der Waals surface area contributed by atoms with Gasteiger partial charge in [-0.25, -0.2) is 4.68 Å². The highest BCUT2D eigenvalue weighted by atomic mass is 16.5. The predicted octanol–water partition coefficient (Wildman–Crippen LogP) is 2.85. The first-order valence-electron chi connectivity index (χ1n) is 12.0. The maximum atomic E-state index is 12.2. The Bertz CT molecular complexity index is 855. The lowest BCUT2D eigenvalue weighted by Gasteiger charge is -2.37. The summed E-state index contributed by atoms with van der Waals surface area (Å²) in [5.41, 5.74) is 3.19. The fraction of sp³-hybridized carbons (Fsp3) is 0.640. The zero-order valence-corrected chi connectivity index (χ0v) is 20.5. The van der Waals surface area contributed by atoms with Crippen LogP contribution in [0.25, 0.3) is 5.69 Å². The highest BCUT2D eigenvalue weighted by Crippen LogP contribution is 2.23. The van der Waals surface area contributed by atoms with E-state index in [1.54, 1.807) is 7.11 Å². The number of rotatable bonds is 12. The largest absolute Gasteiger partial charge is 0.469 e. The Kier molecular flexibility index (Phi) is 9.84. The molecule has 1 N–H and O–H groups in total. The molecule has 1 fully saturated rings. The van der Waals surface area contributed by atoms with Gasteiger partial charge in [0.2, 0.25) is 0 Å². The van der Waals surface area contributed by atoms with Crippen LogP contribution < -0.4 is 5.32 Å².